The SMILES string of the molecule is CCC(O)CCNC1CCS(=O)(=O)CC1. The monoisotopic (exact) mass is 235 g/mol. The topological polar surface area (TPSA) is 66.4 Å². The van der Waals surface area contributed by atoms with Gasteiger partial charge in [-0.3, -0.25) is 0 Å². The Morgan fingerprint density at radius 3 is 2.53 bits per heavy atom. The maximum Gasteiger partial charge on any atom is 0.150 e. The van der Waals surface area contributed by atoms with E-state index in [4.69, 9.17) is 0 Å². The molecule has 0 saturated carbocycles. The van der Waals surface area contributed by atoms with Crippen molar-refractivity contribution in [3.8, 4) is 0 Å². The van der Waals surface area contributed by atoms with E-state index in [0.29, 0.717) is 30.4 Å². The number of rotatable bonds is 5. The van der Waals surface area contributed by atoms with E-state index in [9.17, 15) is 13.5 Å². The molecule has 0 aromatic heterocycles. The largest absolute Gasteiger partial charge is 0.393 e. The summed E-state index contributed by atoms with van der Waals surface area (Å²) >= 11 is 0. The molecule has 0 aromatic rings. The molecule has 0 aliphatic carbocycles. The number of aliphatic hydroxyl groups excluding tert-OH is 1. The molecule has 1 fully saturated rings. The molecule has 0 amide bonds. The first-order valence-corrected chi connectivity index (χ1v) is 7.47. The summed E-state index contributed by atoms with van der Waals surface area (Å²) in [6.07, 6.45) is 2.72. The van der Waals surface area contributed by atoms with Crippen molar-refractivity contribution in [2.45, 2.75) is 44.8 Å². The van der Waals surface area contributed by atoms with Crippen LogP contribution in [0, 0.1) is 0 Å². The number of hydrogen-bond donors (Lipinski definition) is 2. The highest BCUT2D eigenvalue weighted by atomic mass is 32.2. The van der Waals surface area contributed by atoms with Gasteiger partial charge < -0.3 is 10.4 Å². The molecular formula is C10H21NO3S. The zero-order valence-electron chi connectivity index (χ0n) is 9.28. The van der Waals surface area contributed by atoms with Crippen molar-refractivity contribution in [1.29, 1.82) is 0 Å². The van der Waals surface area contributed by atoms with Gasteiger partial charge in [0.1, 0.15) is 9.84 Å². The van der Waals surface area contributed by atoms with Crippen LogP contribution in [0.3, 0.4) is 0 Å². The second kappa shape index (κ2) is 5.82. The van der Waals surface area contributed by atoms with Crippen LogP contribution in [-0.2, 0) is 9.84 Å². The summed E-state index contributed by atoms with van der Waals surface area (Å²) in [6.45, 7) is 2.73. The van der Waals surface area contributed by atoms with Crippen LogP contribution in [0.15, 0.2) is 0 Å². The van der Waals surface area contributed by atoms with Crippen LogP contribution in [0.5, 0.6) is 0 Å². The third-order valence-corrected chi connectivity index (χ3v) is 4.65. The lowest BCUT2D eigenvalue weighted by Crippen LogP contribution is -2.38. The Balaban J connectivity index is 2.14. The average Bonchev–Trinajstić information content (AvgIpc) is 2.20. The quantitative estimate of drug-likeness (QED) is 0.720. The van der Waals surface area contributed by atoms with Gasteiger partial charge in [-0.05, 0) is 32.2 Å². The molecule has 0 spiro atoms. The maximum atomic E-state index is 11.2. The van der Waals surface area contributed by atoms with E-state index >= 15 is 0 Å². The van der Waals surface area contributed by atoms with Crippen molar-refractivity contribution in [1.82, 2.24) is 5.32 Å². The molecule has 2 N–H and O–H groups in total. The molecule has 0 bridgehead atoms. The Bertz CT molecular complexity index is 262. The molecule has 1 heterocycles. The zero-order chi connectivity index (χ0) is 11.3. The normalized spacial score (nSPS) is 23.9. The second-order valence-electron chi connectivity index (χ2n) is 4.23. The minimum absolute atomic E-state index is 0.232. The summed E-state index contributed by atoms with van der Waals surface area (Å²) in [5, 5.41) is 12.6. The summed E-state index contributed by atoms with van der Waals surface area (Å²) in [5.74, 6) is 0.613. The molecule has 1 atom stereocenters. The minimum Gasteiger partial charge on any atom is -0.393 e. The van der Waals surface area contributed by atoms with Crippen molar-refractivity contribution in [2.24, 2.45) is 0 Å². The summed E-state index contributed by atoms with van der Waals surface area (Å²) in [4.78, 5) is 0. The number of sulfone groups is 1. The van der Waals surface area contributed by atoms with E-state index < -0.39 is 9.84 Å². The van der Waals surface area contributed by atoms with E-state index in [0.717, 1.165) is 19.4 Å². The van der Waals surface area contributed by atoms with Crippen LogP contribution >= 0.6 is 0 Å². The summed E-state index contributed by atoms with van der Waals surface area (Å²) in [6, 6.07) is 0.317. The van der Waals surface area contributed by atoms with Crippen molar-refractivity contribution in [3.63, 3.8) is 0 Å². The summed E-state index contributed by atoms with van der Waals surface area (Å²) in [5.41, 5.74) is 0. The molecule has 1 saturated heterocycles. The first-order valence-electron chi connectivity index (χ1n) is 5.65. The Kier molecular flexibility index (Phi) is 5.02. The van der Waals surface area contributed by atoms with Crippen LogP contribution in [0.25, 0.3) is 0 Å². The molecule has 1 aliphatic heterocycles. The van der Waals surface area contributed by atoms with Crippen LogP contribution in [-0.4, -0.2) is 43.7 Å². The Hall–Kier alpha value is -0.130. The van der Waals surface area contributed by atoms with Gasteiger partial charge in [0.25, 0.3) is 0 Å². The lowest BCUT2D eigenvalue weighted by Gasteiger charge is -2.23. The summed E-state index contributed by atoms with van der Waals surface area (Å²) in [7, 11) is -2.75. The van der Waals surface area contributed by atoms with Gasteiger partial charge >= 0.3 is 0 Å². The molecule has 1 aliphatic rings. The Labute approximate surface area is 92.0 Å². The highest BCUT2D eigenvalue weighted by molar-refractivity contribution is 7.91. The van der Waals surface area contributed by atoms with Crippen LogP contribution in [0.2, 0.25) is 0 Å². The minimum atomic E-state index is -2.75. The number of nitrogens with one attached hydrogen (secondary N) is 1. The smallest absolute Gasteiger partial charge is 0.150 e. The molecule has 0 radical (unpaired) electrons. The fourth-order valence-corrected chi connectivity index (χ4v) is 3.24. The van der Waals surface area contributed by atoms with E-state index in [1.54, 1.807) is 0 Å². The molecule has 1 rings (SSSR count). The van der Waals surface area contributed by atoms with E-state index in [-0.39, 0.29) is 6.10 Å². The number of hydrogen-bond acceptors (Lipinski definition) is 4. The second-order valence-corrected chi connectivity index (χ2v) is 6.53. The van der Waals surface area contributed by atoms with Gasteiger partial charge in [-0.1, -0.05) is 6.92 Å². The van der Waals surface area contributed by atoms with Crippen LogP contribution < -0.4 is 5.32 Å². The highest BCUT2D eigenvalue weighted by Gasteiger charge is 2.22. The van der Waals surface area contributed by atoms with Crippen molar-refractivity contribution in [3.05, 3.63) is 0 Å². The van der Waals surface area contributed by atoms with Crippen molar-refractivity contribution < 1.29 is 13.5 Å². The first kappa shape index (κ1) is 12.9. The molecule has 1 unspecified atom stereocenters. The lowest BCUT2D eigenvalue weighted by atomic mass is 10.1. The van der Waals surface area contributed by atoms with E-state index in [1.165, 1.54) is 0 Å². The third-order valence-electron chi connectivity index (χ3n) is 2.94. The van der Waals surface area contributed by atoms with Gasteiger partial charge in [0, 0.05) is 6.04 Å². The van der Waals surface area contributed by atoms with Gasteiger partial charge in [0.15, 0.2) is 0 Å². The predicted molar refractivity (Wildman–Crippen MR) is 60.6 cm³/mol. The average molecular weight is 235 g/mol. The van der Waals surface area contributed by atoms with E-state index in [2.05, 4.69) is 5.32 Å². The molecule has 0 aromatic carbocycles. The standard InChI is InChI=1S/C10H21NO3S/c1-2-10(12)3-6-11-9-4-7-15(13,14)8-5-9/h9-12H,2-8H2,1H3. The Morgan fingerprint density at radius 1 is 1.40 bits per heavy atom. The highest BCUT2D eigenvalue weighted by Crippen LogP contribution is 2.12. The molecule has 4 nitrogen and oxygen atoms in total. The Morgan fingerprint density at radius 2 is 2.00 bits per heavy atom. The summed E-state index contributed by atoms with van der Waals surface area (Å²) < 4.78 is 22.3. The van der Waals surface area contributed by atoms with Crippen molar-refractivity contribution >= 4 is 9.84 Å². The van der Waals surface area contributed by atoms with Crippen molar-refractivity contribution in [2.75, 3.05) is 18.1 Å². The third kappa shape index (κ3) is 4.95. The molecule has 90 valence electrons. The van der Waals surface area contributed by atoms with Gasteiger partial charge in [0.2, 0.25) is 0 Å². The van der Waals surface area contributed by atoms with E-state index in [1.807, 2.05) is 6.92 Å². The maximum absolute atomic E-state index is 11.2. The fourth-order valence-electron chi connectivity index (χ4n) is 1.75. The first-order chi connectivity index (χ1) is 7.03. The zero-order valence-corrected chi connectivity index (χ0v) is 10.1. The predicted octanol–water partition coefficient (Wildman–Crippen LogP) is 0.314. The lowest BCUT2D eigenvalue weighted by molar-refractivity contribution is 0.158. The molecular weight excluding hydrogens is 214 g/mol. The number of aliphatic hydroxyl groups is 1. The molecule has 5 heteroatoms. The van der Waals surface area contributed by atoms with Crippen LogP contribution in [0.4, 0.5) is 0 Å². The molecule has 15 heavy (non-hydrogen) atoms. The van der Waals surface area contributed by atoms with Gasteiger partial charge in [-0.15, -0.1) is 0 Å². The van der Waals surface area contributed by atoms with Crippen LogP contribution in [0.1, 0.15) is 32.6 Å². The van der Waals surface area contributed by atoms with Gasteiger partial charge in [0.05, 0.1) is 17.6 Å². The fraction of sp³-hybridized carbons (Fsp3) is 1.00. The van der Waals surface area contributed by atoms with Gasteiger partial charge in [-0.25, -0.2) is 8.42 Å². The van der Waals surface area contributed by atoms with Gasteiger partial charge in [-0.2, -0.15) is 0 Å².